The standard InChI is InChI=1S/C11H19BN2O3/c1-10(2,15)11(3,4)17-12(16)8-5-6-14-9(13)7-8/h5-7,15-16H,1-4H3,(H2,13,14). The van der Waals surface area contributed by atoms with Crippen LogP contribution in [0.3, 0.4) is 0 Å². The third-order valence-electron chi connectivity index (χ3n) is 2.97. The summed E-state index contributed by atoms with van der Waals surface area (Å²) in [6, 6.07) is 3.15. The highest BCUT2D eigenvalue weighted by Gasteiger charge is 2.39. The predicted molar refractivity (Wildman–Crippen MR) is 67.7 cm³/mol. The zero-order chi connectivity index (χ0) is 13.3. The maximum absolute atomic E-state index is 9.93. The van der Waals surface area contributed by atoms with Gasteiger partial charge in [-0.15, -0.1) is 0 Å². The first-order valence-corrected chi connectivity index (χ1v) is 5.43. The monoisotopic (exact) mass is 238 g/mol. The molecule has 0 aromatic carbocycles. The number of rotatable bonds is 4. The van der Waals surface area contributed by atoms with Crippen LogP contribution in [-0.2, 0) is 4.65 Å². The molecule has 17 heavy (non-hydrogen) atoms. The van der Waals surface area contributed by atoms with Gasteiger partial charge in [0, 0.05) is 6.20 Å². The molecule has 4 N–H and O–H groups in total. The number of pyridine rings is 1. The molecule has 0 amide bonds. The molecule has 94 valence electrons. The van der Waals surface area contributed by atoms with E-state index in [4.69, 9.17) is 10.4 Å². The summed E-state index contributed by atoms with van der Waals surface area (Å²) in [6.07, 6.45) is 1.49. The largest absolute Gasteiger partial charge is 0.491 e. The molecule has 0 saturated carbocycles. The van der Waals surface area contributed by atoms with Crippen LogP contribution < -0.4 is 11.2 Å². The highest BCUT2D eigenvalue weighted by Crippen LogP contribution is 2.25. The van der Waals surface area contributed by atoms with Crippen LogP contribution in [0.25, 0.3) is 0 Å². The maximum atomic E-state index is 9.93. The Morgan fingerprint density at radius 3 is 2.41 bits per heavy atom. The number of nitrogen functional groups attached to an aromatic ring is 1. The van der Waals surface area contributed by atoms with Crippen molar-refractivity contribution in [3.63, 3.8) is 0 Å². The van der Waals surface area contributed by atoms with Crippen LogP contribution in [0.5, 0.6) is 0 Å². The van der Waals surface area contributed by atoms with Gasteiger partial charge in [0.15, 0.2) is 0 Å². The van der Waals surface area contributed by atoms with Crippen LogP contribution >= 0.6 is 0 Å². The molecule has 5 nitrogen and oxygen atoms in total. The Hall–Kier alpha value is -1.11. The second kappa shape index (κ2) is 4.64. The van der Waals surface area contributed by atoms with Gasteiger partial charge < -0.3 is 20.5 Å². The second-order valence-electron chi connectivity index (χ2n) is 5.05. The Balaban J connectivity index is 2.83. The molecular weight excluding hydrogens is 219 g/mol. The average Bonchev–Trinajstić information content (AvgIpc) is 2.15. The molecular formula is C11H19BN2O3. The van der Waals surface area contributed by atoms with E-state index in [9.17, 15) is 10.1 Å². The molecule has 0 spiro atoms. The predicted octanol–water partition coefficient (Wildman–Crippen LogP) is -0.0826. The Morgan fingerprint density at radius 2 is 1.94 bits per heavy atom. The summed E-state index contributed by atoms with van der Waals surface area (Å²) in [7, 11) is -1.15. The van der Waals surface area contributed by atoms with Crippen molar-refractivity contribution in [1.82, 2.24) is 4.98 Å². The number of hydrogen-bond acceptors (Lipinski definition) is 5. The Morgan fingerprint density at radius 1 is 1.35 bits per heavy atom. The SMILES string of the molecule is CC(C)(O)C(C)(C)OB(O)c1ccnc(N)c1. The minimum Gasteiger partial charge on any atom is -0.423 e. The van der Waals surface area contributed by atoms with Crippen LogP contribution in [0, 0.1) is 0 Å². The molecule has 0 aliphatic carbocycles. The molecule has 1 rings (SSSR count). The number of hydrogen-bond donors (Lipinski definition) is 3. The van der Waals surface area contributed by atoms with Crippen molar-refractivity contribution in [1.29, 1.82) is 0 Å². The van der Waals surface area contributed by atoms with Gasteiger partial charge in [-0.2, -0.15) is 0 Å². The highest BCUT2D eigenvalue weighted by atomic mass is 16.5. The first kappa shape index (κ1) is 14.0. The van der Waals surface area contributed by atoms with E-state index in [1.165, 1.54) is 12.3 Å². The first-order valence-electron chi connectivity index (χ1n) is 5.43. The molecule has 0 unspecified atom stereocenters. The Kier molecular flexibility index (Phi) is 3.81. The molecule has 0 aliphatic heterocycles. The fourth-order valence-electron chi connectivity index (χ4n) is 1.11. The molecule has 1 heterocycles. The van der Waals surface area contributed by atoms with Crippen LogP contribution in [-0.4, -0.2) is 33.4 Å². The molecule has 0 aliphatic rings. The second-order valence-corrected chi connectivity index (χ2v) is 5.05. The lowest BCUT2D eigenvalue weighted by atomic mass is 9.77. The summed E-state index contributed by atoms with van der Waals surface area (Å²) in [5, 5.41) is 19.8. The molecule has 1 aromatic heterocycles. The van der Waals surface area contributed by atoms with Crippen LogP contribution in [0.4, 0.5) is 5.82 Å². The minimum absolute atomic E-state index is 0.311. The van der Waals surface area contributed by atoms with E-state index in [1.54, 1.807) is 33.8 Å². The summed E-state index contributed by atoms with van der Waals surface area (Å²) < 4.78 is 5.47. The topological polar surface area (TPSA) is 88.6 Å². The fourth-order valence-corrected chi connectivity index (χ4v) is 1.11. The number of aromatic nitrogens is 1. The number of nitrogens with two attached hydrogens (primary N) is 1. The lowest BCUT2D eigenvalue weighted by Crippen LogP contribution is -2.53. The van der Waals surface area contributed by atoms with Gasteiger partial charge in [0.2, 0.25) is 0 Å². The van der Waals surface area contributed by atoms with E-state index in [-0.39, 0.29) is 0 Å². The molecule has 0 radical (unpaired) electrons. The summed E-state index contributed by atoms with van der Waals surface area (Å²) in [4.78, 5) is 3.83. The average molecular weight is 238 g/mol. The highest BCUT2D eigenvalue weighted by molar-refractivity contribution is 6.60. The van der Waals surface area contributed by atoms with Crippen molar-refractivity contribution in [2.75, 3.05) is 5.73 Å². The maximum Gasteiger partial charge on any atom is 0.491 e. The molecule has 0 atom stereocenters. The van der Waals surface area contributed by atoms with Crippen molar-refractivity contribution in [3.8, 4) is 0 Å². The smallest absolute Gasteiger partial charge is 0.423 e. The van der Waals surface area contributed by atoms with E-state index >= 15 is 0 Å². The van der Waals surface area contributed by atoms with Gasteiger partial charge >= 0.3 is 7.12 Å². The lowest BCUT2D eigenvalue weighted by Gasteiger charge is -2.38. The Labute approximate surface area is 102 Å². The van der Waals surface area contributed by atoms with E-state index < -0.39 is 18.3 Å². The van der Waals surface area contributed by atoms with Crippen molar-refractivity contribution in [3.05, 3.63) is 18.3 Å². The number of aliphatic hydroxyl groups is 1. The van der Waals surface area contributed by atoms with Crippen molar-refractivity contribution in [2.45, 2.75) is 38.9 Å². The van der Waals surface area contributed by atoms with Gasteiger partial charge in [-0.25, -0.2) is 4.98 Å². The van der Waals surface area contributed by atoms with Gasteiger partial charge in [-0.3, -0.25) is 0 Å². The zero-order valence-corrected chi connectivity index (χ0v) is 10.6. The van der Waals surface area contributed by atoms with Crippen molar-refractivity contribution in [2.24, 2.45) is 0 Å². The summed E-state index contributed by atoms with van der Waals surface area (Å²) in [6.45, 7) is 6.67. The summed E-state index contributed by atoms with van der Waals surface area (Å²) in [5.41, 5.74) is 4.05. The van der Waals surface area contributed by atoms with Gasteiger partial charge in [0.25, 0.3) is 0 Å². The van der Waals surface area contributed by atoms with Crippen molar-refractivity contribution < 1.29 is 14.8 Å². The Bertz CT molecular complexity index is 391. The van der Waals surface area contributed by atoms with Crippen LogP contribution in [0.2, 0.25) is 0 Å². The first-order chi connectivity index (χ1) is 7.63. The lowest BCUT2D eigenvalue weighted by molar-refractivity contribution is -0.0982. The van der Waals surface area contributed by atoms with Gasteiger partial charge in [0.05, 0.1) is 11.2 Å². The van der Waals surface area contributed by atoms with Crippen molar-refractivity contribution >= 4 is 18.4 Å². The van der Waals surface area contributed by atoms with Crippen LogP contribution in [0.1, 0.15) is 27.7 Å². The third-order valence-corrected chi connectivity index (χ3v) is 2.97. The van der Waals surface area contributed by atoms with Crippen LogP contribution in [0.15, 0.2) is 18.3 Å². The fraction of sp³-hybridized carbons (Fsp3) is 0.545. The number of nitrogens with zero attached hydrogens (tertiary/aromatic N) is 1. The third kappa shape index (κ3) is 3.42. The minimum atomic E-state index is -1.15. The zero-order valence-electron chi connectivity index (χ0n) is 10.6. The molecule has 1 aromatic rings. The quantitative estimate of drug-likeness (QED) is 0.638. The molecule has 6 heteroatoms. The van der Waals surface area contributed by atoms with Gasteiger partial charge in [0.1, 0.15) is 5.82 Å². The van der Waals surface area contributed by atoms with E-state index in [0.717, 1.165) is 0 Å². The van der Waals surface area contributed by atoms with Gasteiger partial charge in [-0.1, -0.05) is 0 Å². The molecule has 0 saturated heterocycles. The summed E-state index contributed by atoms with van der Waals surface area (Å²) in [5.74, 6) is 0.311. The number of anilines is 1. The summed E-state index contributed by atoms with van der Waals surface area (Å²) >= 11 is 0. The normalized spacial score (nSPS) is 12.6. The van der Waals surface area contributed by atoms with E-state index in [1.807, 2.05) is 0 Å². The van der Waals surface area contributed by atoms with Gasteiger partial charge in [-0.05, 0) is 45.3 Å². The van der Waals surface area contributed by atoms with E-state index in [2.05, 4.69) is 4.98 Å². The van der Waals surface area contributed by atoms with E-state index in [0.29, 0.717) is 11.3 Å². The molecule has 0 bridgehead atoms. The molecule has 0 fully saturated rings.